The first kappa shape index (κ1) is 14.5. The lowest BCUT2D eigenvalue weighted by Crippen LogP contribution is -2.22. The number of carbonyl (C=O) groups excluding carboxylic acids is 1. The van der Waals surface area contributed by atoms with Gasteiger partial charge in [-0.25, -0.2) is 0 Å². The van der Waals surface area contributed by atoms with Crippen molar-refractivity contribution in [3.8, 4) is 0 Å². The molecule has 0 aromatic heterocycles. The summed E-state index contributed by atoms with van der Waals surface area (Å²) >= 11 is 2.33. The molecule has 2 unspecified atom stereocenters. The van der Waals surface area contributed by atoms with Gasteiger partial charge in [-0.1, -0.05) is 30.3 Å². The Hall–Kier alpha value is -0.880. The highest BCUT2D eigenvalue weighted by Crippen LogP contribution is 2.33. The van der Waals surface area contributed by atoms with Gasteiger partial charge in [0.25, 0.3) is 0 Å². The zero-order chi connectivity index (χ0) is 13.8. The van der Waals surface area contributed by atoms with E-state index >= 15 is 0 Å². The summed E-state index contributed by atoms with van der Waals surface area (Å²) in [7, 11) is 0. The van der Waals surface area contributed by atoms with Crippen molar-refractivity contribution >= 4 is 28.6 Å². The molecule has 1 aliphatic rings. The maximum Gasteiger partial charge on any atom is 0.302 e. The molecule has 102 valence electrons. The van der Waals surface area contributed by atoms with E-state index in [9.17, 15) is 4.79 Å². The summed E-state index contributed by atoms with van der Waals surface area (Å²) in [5.41, 5.74) is 2.42. The molecule has 0 saturated carbocycles. The number of hydrogen-bond acceptors (Lipinski definition) is 3. The van der Waals surface area contributed by atoms with Crippen molar-refractivity contribution in [1.82, 2.24) is 0 Å². The summed E-state index contributed by atoms with van der Waals surface area (Å²) in [6, 6.07) is 10.3. The van der Waals surface area contributed by atoms with Crippen LogP contribution in [0.3, 0.4) is 0 Å². The summed E-state index contributed by atoms with van der Waals surface area (Å²) in [5.74, 6) is -0.266. The normalized spacial score (nSPS) is 22.7. The molecule has 1 aromatic rings. The van der Waals surface area contributed by atoms with Crippen LogP contribution >= 0.6 is 22.6 Å². The van der Waals surface area contributed by atoms with Gasteiger partial charge in [0.2, 0.25) is 0 Å². The van der Waals surface area contributed by atoms with Crippen LogP contribution in [0, 0.1) is 0 Å². The Bertz CT molecular complexity index is 481. The van der Waals surface area contributed by atoms with E-state index in [4.69, 9.17) is 9.47 Å². The molecule has 0 bridgehead atoms. The number of rotatable bonds is 4. The second-order valence-corrected chi connectivity index (χ2v) is 5.80. The predicted octanol–water partition coefficient (Wildman–Crippen LogP) is 3.27. The molecule has 0 amide bonds. The number of esters is 1. The quantitative estimate of drug-likeness (QED) is 0.601. The van der Waals surface area contributed by atoms with Crippen LogP contribution in [0.1, 0.15) is 19.4 Å². The van der Waals surface area contributed by atoms with Crippen LogP contribution < -0.4 is 0 Å². The Labute approximate surface area is 127 Å². The molecule has 4 heteroatoms. The Kier molecular flexibility index (Phi) is 4.99. The molecule has 0 radical (unpaired) electrons. The van der Waals surface area contributed by atoms with Gasteiger partial charge in [0.05, 0.1) is 6.10 Å². The van der Waals surface area contributed by atoms with E-state index in [1.54, 1.807) is 0 Å². The summed E-state index contributed by atoms with van der Waals surface area (Å²) in [6.07, 6.45) is 0.820. The Morgan fingerprint density at radius 3 is 2.63 bits per heavy atom. The number of hydrogen-bond donors (Lipinski definition) is 0. The van der Waals surface area contributed by atoms with Crippen molar-refractivity contribution in [2.24, 2.45) is 0 Å². The summed E-state index contributed by atoms with van der Waals surface area (Å²) in [6.45, 7) is 3.76. The van der Waals surface area contributed by atoms with E-state index in [0.717, 1.165) is 6.42 Å². The fourth-order valence-electron chi connectivity index (χ4n) is 2.09. The molecule has 0 spiro atoms. The highest BCUT2D eigenvalue weighted by molar-refractivity contribution is 14.1. The smallest absolute Gasteiger partial charge is 0.302 e. The van der Waals surface area contributed by atoms with Gasteiger partial charge in [0.15, 0.2) is 0 Å². The molecule has 1 heterocycles. The molecule has 0 saturated heterocycles. The maximum absolute atomic E-state index is 10.9. The Morgan fingerprint density at radius 1 is 1.32 bits per heavy atom. The number of ether oxygens (including phenoxy) is 2. The number of halogens is 1. The fraction of sp³-hybridized carbons (Fsp3) is 0.400. The molecule has 2 atom stereocenters. The molecule has 19 heavy (non-hydrogen) atoms. The lowest BCUT2D eigenvalue weighted by molar-refractivity contribution is -0.144. The SMILES string of the molecule is CC(=O)OCC1OC(Cc2ccccc2)C(I)=C1C. The predicted molar refractivity (Wildman–Crippen MR) is 82.2 cm³/mol. The molecule has 0 aliphatic carbocycles. The minimum Gasteiger partial charge on any atom is -0.463 e. The van der Waals surface area contributed by atoms with Crippen LogP contribution in [0.4, 0.5) is 0 Å². The molecular weight excluding hydrogens is 355 g/mol. The van der Waals surface area contributed by atoms with Gasteiger partial charge in [-0.05, 0) is 40.7 Å². The van der Waals surface area contributed by atoms with Crippen LogP contribution in [0.25, 0.3) is 0 Å². The van der Waals surface area contributed by atoms with Crippen molar-refractivity contribution in [3.63, 3.8) is 0 Å². The van der Waals surface area contributed by atoms with Crippen molar-refractivity contribution in [3.05, 3.63) is 45.0 Å². The van der Waals surface area contributed by atoms with Gasteiger partial charge < -0.3 is 9.47 Å². The second kappa shape index (κ2) is 6.52. The molecule has 0 fully saturated rings. The average molecular weight is 372 g/mol. The van der Waals surface area contributed by atoms with E-state index in [2.05, 4.69) is 34.7 Å². The van der Waals surface area contributed by atoms with Gasteiger partial charge in [-0.3, -0.25) is 4.79 Å². The molecule has 0 N–H and O–H groups in total. The molecule has 1 aliphatic heterocycles. The fourth-order valence-corrected chi connectivity index (χ4v) is 2.81. The van der Waals surface area contributed by atoms with Gasteiger partial charge in [-0.15, -0.1) is 0 Å². The first-order valence-electron chi connectivity index (χ1n) is 6.27. The zero-order valence-electron chi connectivity index (χ0n) is 11.1. The summed E-state index contributed by atoms with van der Waals surface area (Å²) < 4.78 is 12.2. The van der Waals surface area contributed by atoms with Gasteiger partial charge in [0.1, 0.15) is 12.7 Å². The monoisotopic (exact) mass is 372 g/mol. The highest BCUT2D eigenvalue weighted by atomic mass is 127. The van der Waals surface area contributed by atoms with Crippen LogP contribution in [0.15, 0.2) is 39.5 Å². The lowest BCUT2D eigenvalue weighted by Gasteiger charge is -2.15. The van der Waals surface area contributed by atoms with E-state index < -0.39 is 0 Å². The standard InChI is InChI=1S/C15H17IO3/c1-10-14(9-18-11(2)17)19-13(15(10)16)8-12-6-4-3-5-7-12/h3-7,13-14H,8-9H2,1-2H3. The van der Waals surface area contributed by atoms with Crippen molar-refractivity contribution in [1.29, 1.82) is 0 Å². The molecular formula is C15H17IO3. The van der Waals surface area contributed by atoms with Crippen LogP contribution in [0.5, 0.6) is 0 Å². The second-order valence-electron chi connectivity index (χ2n) is 4.64. The highest BCUT2D eigenvalue weighted by Gasteiger charge is 2.31. The number of benzene rings is 1. The summed E-state index contributed by atoms with van der Waals surface area (Å²) in [4.78, 5) is 10.9. The van der Waals surface area contributed by atoms with Crippen molar-refractivity contribution in [2.45, 2.75) is 32.5 Å². The van der Waals surface area contributed by atoms with E-state index in [-0.39, 0.29) is 18.2 Å². The van der Waals surface area contributed by atoms with Gasteiger partial charge >= 0.3 is 5.97 Å². The first-order chi connectivity index (χ1) is 9.08. The largest absolute Gasteiger partial charge is 0.463 e. The van der Waals surface area contributed by atoms with Crippen molar-refractivity contribution in [2.75, 3.05) is 6.61 Å². The van der Waals surface area contributed by atoms with Gasteiger partial charge in [0, 0.05) is 16.9 Å². The third-order valence-corrected chi connectivity index (χ3v) is 4.72. The average Bonchev–Trinajstić information content (AvgIpc) is 2.66. The molecule has 2 rings (SSSR count). The molecule has 3 nitrogen and oxygen atoms in total. The van der Waals surface area contributed by atoms with E-state index in [1.807, 2.05) is 25.1 Å². The zero-order valence-corrected chi connectivity index (χ0v) is 13.2. The van der Waals surface area contributed by atoms with Crippen LogP contribution in [-0.2, 0) is 20.7 Å². The minimum atomic E-state index is -0.266. The summed E-state index contributed by atoms with van der Waals surface area (Å²) in [5, 5.41) is 0. The molecule has 1 aromatic carbocycles. The minimum absolute atomic E-state index is 0.0727. The Morgan fingerprint density at radius 2 is 2.00 bits per heavy atom. The van der Waals surface area contributed by atoms with Crippen LogP contribution in [0.2, 0.25) is 0 Å². The first-order valence-corrected chi connectivity index (χ1v) is 7.34. The third kappa shape index (κ3) is 3.79. The third-order valence-electron chi connectivity index (χ3n) is 3.17. The van der Waals surface area contributed by atoms with E-state index in [0.29, 0.717) is 6.61 Å². The Balaban J connectivity index is 1.99. The van der Waals surface area contributed by atoms with Crippen LogP contribution in [-0.4, -0.2) is 24.8 Å². The van der Waals surface area contributed by atoms with E-state index in [1.165, 1.54) is 21.6 Å². The lowest BCUT2D eigenvalue weighted by atomic mass is 10.1. The maximum atomic E-state index is 10.9. The van der Waals surface area contributed by atoms with Gasteiger partial charge in [-0.2, -0.15) is 0 Å². The topological polar surface area (TPSA) is 35.5 Å². The number of carbonyl (C=O) groups is 1. The van der Waals surface area contributed by atoms with Crippen molar-refractivity contribution < 1.29 is 14.3 Å².